The smallest absolute Gasteiger partial charge is 0.251 e. The number of nitrogens with one attached hydrogen (secondary N) is 1. The van der Waals surface area contributed by atoms with Crippen LogP contribution in [0.1, 0.15) is 23.2 Å². The van der Waals surface area contributed by atoms with Crippen LogP contribution in [0.3, 0.4) is 0 Å². The maximum atomic E-state index is 12.3. The first kappa shape index (κ1) is 17.1. The third kappa shape index (κ3) is 4.62. The van der Waals surface area contributed by atoms with Gasteiger partial charge in [-0.1, -0.05) is 0 Å². The summed E-state index contributed by atoms with van der Waals surface area (Å²) in [7, 11) is 1.62. The summed E-state index contributed by atoms with van der Waals surface area (Å²) >= 11 is 0. The van der Waals surface area contributed by atoms with Crippen LogP contribution in [0, 0.1) is 0 Å². The van der Waals surface area contributed by atoms with Gasteiger partial charge in [0, 0.05) is 24.8 Å². The summed E-state index contributed by atoms with van der Waals surface area (Å²) in [6, 6.07) is 10.9. The van der Waals surface area contributed by atoms with Crippen LogP contribution < -0.4 is 19.7 Å². The topological polar surface area (TPSA) is 63.7 Å². The molecule has 0 aliphatic carbocycles. The molecule has 2 aromatic rings. The van der Waals surface area contributed by atoms with Gasteiger partial charge in [-0.15, -0.1) is 0 Å². The minimum Gasteiger partial charge on any atom is -0.497 e. The van der Waals surface area contributed by atoms with Crippen LogP contribution in [0.4, 0.5) is 5.82 Å². The molecule has 6 nitrogen and oxygen atoms in total. The molecule has 1 N–H and O–H groups in total. The van der Waals surface area contributed by atoms with Crippen molar-refractivity contribution in [3.8, 4) is 11.5 Å². The van der Waals surface area contributed by atoms with Gasteiger partial charge in [-0.05, 0) is 49.2 Å². The standard InChI is InChI=1S/C19H23N3O3/c1-24-16-4-6-17(7-5-16)25-13-10-21-19(23)15-8-9-20-18(14-15)22-11-2-3-12-22/h4-9,14H,2-3,10-13H2,1H3,(H,21,23). The van der Waals surface area contributed by atoms with E-state index in [1.165, 1.54) is 12.8 Å². The zero-order valence-corrected chi connectivity index (χ0v) is 14.4. The molecule has 1 aliphatic rings. The fourth-order valence-corrected chi connectivity index (χ4v) is 2.79. The number of aromatic nitrogens is 1. The van der Waals surface area contributed by atoms with Crippen molar-refractivity contribution in [2.45, 2.75) is 12.8 Å². The summed E-state index contributed by atoms with van der Waals surface area (Å²) in [5, 5.41) is 2.87. The number of pyridine rings is 1. The summed E-state index contributed by atoms with van der Waals surface area (Å²) in [6.45, 7) is 2.86. The van der Waals surface area contributed by atoms with Gasteiger partial charge in [0.1, 0.15) is 23.9 Å². The number of anilines is 1. The highest BCUT2D eigenvalue weighted by Gasteiger charge is 2.15. The molecule has 0 atom stereocenters. The molecule has 3 rings (SSSR count). The molecule has 1 aromatic carbocycles. The molecule has 1 aromatic heterocycles. The summed E-state index contributed by atoms with van der Waals surface area (Å²) in [5.41, 5.74) is 0.626. The molecule has 1 amide bonds. The van der Waals surface area contributed by atoms with Gasteiger partial charge < -0.3 is 19.7 Å². The molecule has 2 heterocycles. The van der Waals surface area contributed by atoms with Crippen molar-refractivity contribution < 1.29 is 14.3 Å². The number of methoxy groups -OCH3 is 1. The zero-order chi connectivity index (χ0) is 17.5. The van der Waals surface area contributed by atoms with Gasteiger partial charge in [-0.3, -0.25) is 4.79 Å². The summed E-state index contributed by atoms with van der Waals surface area (Å²) in [4.78, 5) is 18.9. The van der Waals surface area contributed by atoms with E-state index in [1.54, 1.807) is 19.4 Å². The first-order valence-corrected chi connectivity index (χ1v) is 8.52. The number of carbonyl (C=O) groups excluding carboxylic acids is 1. The Hall–Kier alpha value is -2.76. The van der Waals surface area contributed by atoms with E-state index in [2.05, 4.69) is 15.2 Å². The first-order valence-electron chi connectivity index (χ1n) is 8.52. The Morgan fingerprint density at radius 1 is 1.16 bits per heavy atom. The molecule has 0 spiro atoms. The predicted molar refractivity (Wildman–Crippen MR) is 96.5 cm³/mol. The lowest BCUT2D eigenvalue weighted by Gasteiger charge is -2.16. The largest absolute Gasteiger partial charge is 0.497 e. The highest BCUT2D eigenvalue weighted by atomic mass is 16.5. The average Bonchev–Trinajstić information content (AvgIpc) is 3.20. The van der Waals surface area contributed by atoms with E-state index in [9.17, 15) is 4.79 Å². The number of hydrogen-bond acceptors (Lipinski definition) is 5. The molecule has 0 saturated carbocycles. The Morgan fingerprint density at radius 2 is 1.88 bits per heavy atom. The highest BCUT2D eigenvalue weighted by molar-refractivity contribution is 5.94. The van der Waals surface area contributed by atoms with E-state index in [0.717, 1.165) is 30.4 Å². The molecule has 1 fully saturated rings. The van der Waals surface area contributed by atoms with Crippen LogP contribution in [0.2, 0.25) is 0 Å². The second kappa shape index (κ2) is 8.37. The molecular weight excluding hydrogens is 318 g/mol. The summed E-state index contributed by atoms with van der Waals surface area (Å²) < 4.78 is 10.7. The number of rotatable bonds is 7. The number of amides is 1. The number of benzene rings is 1. The monoisotopic (exact) mass is 341 g/mol. The van der Waals surface area contributed by atoms with Crippen molar-refractivity contribution in [3.05, 3.63) is 48.2 Å². The van der Waals surface area contributed by atoms with Crippen LogP contribution >= 0.6 is 0 Å². The fourth-order valence-electron chi connectivity index (χ4n) is 2.79. The second-order valence-electron chi connectivity index (χ2n) is 5.88. The maximum Gasteiger partial charge on any atom is 0.251 e. The van der Waals surface area contributed by atoms with Gasteiger partial charge in [0.25, 0.3) is 5.91 Å². The third-order valence-corrected chi connectivity index (χ3v) is 4.15. The third-order valence-electron chi connectivity index (χ3n) is 4.15. The second-order valence-corrected chi connectivity index (χ2v) is 5.88. The molecule has 132 valence electrons. The molecule has 1 aliphatic heterocycles. The van der Waals surface area contributed by atoms with Crippen LogP contribution in [0.15, 0.2) is 42.6 Å². The molecular formula is C19H23N3O3. The van der Waals surface area contributed by atoms with Gasteiger partial charge >= 0.3 is 0 Å². The van der Waals surface area contributed by atoms with Crippen LogP contribution in [0.25, 0.3) is 0 Å². The first-order chi connectivity index (χ1) is 12.3. The summed E-state index contributed by atoms with van der Waals surface area (Å²) in [5.74, 6) is 2.29. The predicted octanol–water partition coefficient (Wildman–Crippen LogP) is 2.50. The minimum atomic E-state index is -0.110. The van der Waals surface area contributed by atoms with Crippen molar-refractivity contribution in [2.24, 2.45) is 0 Å². The number of hydrogen-bond donors (Lipinski definition) is 1. The van der Waals surface area contributed by atoms with Crippen molar-refractivity contribution in [2.75, 3.05) is 38.3 Å². The Kier molecular flexibility index (Phi) is 5.72. The van der Waals surface area contributed by atoms with Crippen molar-refractivity contribution in [3.63, 3.8) is 0 Å². The minimum absolute atomic E-state index is 0.110. The van der Waals surface area contributed by atoms with Gasteiger partial charge in [-0.25, -0.2) is 4.98 Å². The molecule has 0 bridgehead atoms. The molecule has 0 radical (unpaired) electrons. The zero-order valence-electron chi connectivity index (χ0n) is 14.4. The number of ether oxygens (including phenoxy) is 2. The van der Waals surface area contributed by atoms with Crippen molar-refractivity contribution in [1.82, 2.24) is 10.3 Å². The van der Waals surface area contributed by atoms with Crippen molar-refractivity contribution >= 4 is 11.7 Å². The Balaban J connectivity index is 1.46. The normalized spacial score (nSPS) is 13.6. The van der Waals surface area contributed by atoms with E-state index in [0.29, 0.717) is 18.7 Å². The van der Waals surface area contributed by atoms with E-state index >= 15 is 0 Å². The van der Waals surface area contributed by atoms with E-state index in [1.807, 2.05) is 30.3 Å². The van der Waals surface area contributed by atoms with E-state index in [4.69, 9.17) is 9.47 Å². The lowest BCUT2D eigenvalue weighted by molar-refractivity contribution is 0.0947. The van der Waals surface area contributed by atoms with Crippen molar-refractivity contribution in [1.29, 1.82) is 0 Å². The van der Waals surface area contributed by atoms with Gasteiger partial charge in [0.2, 0.25) is 0 Å². The SMILES string of the molecule is COc1ccc(OCCNC(=O)c2ccnc(N3CCCC3)c2)cc1. The number of carbonyl (C=O) groups is 1. The Morgan fingerprint density at radius 3 is 2.60 bits per heavy atom. The van der Waals surface area contributed by atoms with Crippen LogP contribution in [-0.4, -0.2) is 44.2 Å². The Bertz CT molecular complexity index is 697. The van der Waals surface area contributed by atoms with E-state index < -0.39 is 0 Å². The molecule has 0 unspecified atom stereocenters. The molecule has 6 heteroatoms. The van der Waals surface area contributed by atoms with Crippen LogP contribution in [0.5, 0.6) is 11.5 Å². The van der Waals surface area contributed by atoms with E-state index in [-0.39, 0.29) is 5.91 Å². The summed E-state index contributed by atoms with van der Waals surface area (Å²) in [6.07, 6.45) is 4.05. The lowest BCUT2D eigenvalue weighted by atomic mass is 10.2. The van der Waals surface area contributed by atoms with Gasteiger partial charge in [0.05, 0.1) is 13.7 Å². The average molecular weight is 341 g/mol. The fraction of sp³-hybridized carbons (Fsp3) is 0.368. The van der Waals surface area contributed by atoms with Gasteiger partial charge in [0.15, 0.2) is 0 Å². The number of nitrogens with zero attached hydrogens (tertiary/aromatic N) is 2. The molecule has 25 heavy (non-hydrogen) atoms. The molecule has 1 saturated heterocycles. The Labute approximate surface area is 147 Å². The van der Waals surface area contributed by atoms with Crippen LogP contribution in [-0.2, 0) is 0 Å². The maximum absolute atomic E-state index is 12.3. The quantitative estimate of drug-likeness (QED) is 0.784. The van der Waals surface area contributed by atoms with Gasteiger partial charge in [-0.2, -0.15) is 0 Å². The lowest BCUT2D eigenvalue weighted by Crippen LogP contribution is -2.28. The highest BCUT2D eigenvalue weighted by Crippen LogP contribution is 2.18.